The van der Waals surface area contributed by atoms with Gasteiger partial charge in [0.25, 0.3) is 0 Å². The van der Waals surface area contributed by atoms with Gasteiger partial charge in [0.15, 0.2) is 0 Å². The summed E-state index contributed by atoms with van der Waals surface area (Å²) < 4.78 is 23.0. The van der Waals surface area contributed by atoms with Crippen LogP contribution in [0, 0.1) is 6.92 Å². The number of hydrogen-bond donors (Lipinski definition) is 0. The maximum Gasteiger partial charge on any atom is 0.131 e. The van der Waals surface area contributed by atoms with Gasteiger partial charge in [-0.1, -0.05) is 18.2 Å². The van der Waals surface area contributed by atoms with Crippen LogP contribution in [0.15, 0.2) is 48.5 Å². The molecule has 0 bridgehead atoms. The van der Waals surface area contributed by atoms with Crippen molar-refractivity contribution >= 4 is 10.9 Å². The second-order valence-electron chi connectivity index (χ2n) is 7.44. The molecular weight excluding hydrogens is 366 g/mol. The predicted molar refractivity (Wildman–Crippen MR) is 113 cm³/mol. The third kappa shape index (κ3) is 4.07. The van der Waals surface area contributed by atoms with Crippen LogP contribution in [0.2, 0.25) is 0 Å². The van der Waals surface area contributed by atoms with Crippen LogP contribution in [0.25, 0.3) is 10.9 Å². The van der Waals surface area contributed by atoms with Crippen molar-refractivity contribution in [3.05, 3.63) is 65.4 Å². The van der Waals surface area contributed by atoms with Crippen LogP contribution in [-0.2, 0) is 21.7 Å². The van der Waals surface area contributed by atoms with E-state index in [1.54, 1.807) is 14.2 Å². The average Bonchev–Trinajstić information content (AvgIpc) is 2.78. The fourth-order valence-corrected chi connectivity index (χ4v) is 3.92. The number of rotatable bonds is 6. The summed E-state index contributed by atoms with van der Waals surface area (Å²) in [6, 6.07) is 16.3. The maximum absolute atomic E-state index is 6.22. The van der Waals surface area contributed by atoms with Crippen molar-refractivity contribution in [2.75, 3.05) is 27.4 Å². The molecule has 1 saturated heterocycles. The first-order chi connectivity index (χ1) is 14.1. The first kappa shape index (κ1) is 19.7. The van der Waals surface area contributed by atoms with Crippen LogP contribution in [0.5, 0.6) is 11.5 Å². The van der Waals surface area contributed by atoms with E-state index in [4.69, 9.17) is 18.9 Å². The summed E-state index contributed by atoms with van der Waals surface area (Å²) in [7, 11) is 3.45. The molecule has 0 radical (unpaired) electrons. The van der Waals surface area contributed by atoms with Gasteiger partial charge in [-0.25, -0.2) is 0 Å². The van der Waals surface area contributed by atoms with E-state index in [0.717, 1.165) is 52.1 Å². The molecule has 2 aromatic carbocycles. The van der Waals surface area contributed by atoms with Gasteiger partial charge in [0.05, 0.1) is 18.2 Å². The molecule has 0 N–H and O–H groups in total. The lowest BCUT2D eigenvalue weighted by Gasteiger charge is -2.36. The van der Waals surface area contributed by atoms with Crippen LogP contribution >= 0.6 is 0 Å². The van der Waals surface area contributed by atoms with Crippen LogP contribution in [0.4, 0.5) is 0 Å². The van der Waals surface area contributed by atoms with Crippen molar-refractivity contribution in [3.63, 3.8) is 0 Å². The Morgan fingerprint density at radius 2 is 1.76 bits per heavy atom. The molecule has 0 atom stereocenters. The highest BCUT2D eigenvalue weighted by Crippen LogP contribution is 2.38. The Bertz CT molecular complexity index is 978. The minimum atomic E-state index is -0.315. The van der Waals surface area contributed by atoms with Gasteiger partial charge in [-0.3, -0.25) is 4.98 Å². The normalized spacial score (nSPS) is 16.0. The molecule has 5 heteroatoms. The van der Waals surface area contributed by atoms with Crippen LogP contribution in [0.1, 0.15) is 29.7 Å². The number of methoxy groups -OCH3 is 2. The molecule has 1 aliphatic heterocycles. The number of fused-ring (bicyclic) bond motifs is 1. The molecule has 1 aliphatic rings. The standard InChI is InChI=1S/C24H27NO4/c1-17-14-23(29-16-18-4-7-20(26-2)8-5-18)21-15-19(6-9-22(21)25-17)24(27-3)10-12-28-13-11-24/h4-9,14-15H,10-13,16H2,1-3H3. The van der Waals surface area contributed by atoms with E-state index in [1.807, 2.05) is 37.3 Å². The molecule has 0 spiro atoms. The van der Waals surface area contributed by atoms with E-state index >= 15 is 0 Å². The lowest BCUT2D eigenvalue weighted by molar-refractivity contribution is -0.0947. The number of benzene rings is 2. The number of ether oxygens (including phenoxy) is 4. The highest BCUT2D eigenvalue weighted by molar-refractivity contribution is 5.86. The zero-order valence-corrected chi connectivity index (χ0v) is 17.2. The molecule has 29 heavy (non-hydrogen) atoms. The third-order valence-corrected chi connectivity index (χ3v) is 5.67. The molecule has 1 fully saturated rings. The molecule has 0 unspecified atom stereocenters. The van der Waals surface area contributed by atoms with Crippen molar-refractivity contribution in [1.29, 1.82) is 0 Å². The number of aryl methyl sites for hydroxylation is 1. The topological polar surface area (TPSA) is 49.8 Å². The van der Waals surface area contributed by atoms with Gasteiger partial charge in [-0.2, -0.15) is 0 Å². The monoisotopic (exact) mass is 393 g/mol. The summed E-state index contributed by atoms with van der Waals surface area (Å²) in [6.45, 7) is 3.89. The molecule has 3 aromatic rings. The van der Waals surface area contributed by atoms with Gasteiger partial charge < -0.3 is 18.9 Å². The summed E-state index contributed by atoms with van der Waals surface area (Å²) in [5.41, 5.74) is 3.78. The van der Waals surface area contributed by atoms with Gasteiger partial charge in [0.1, 0.15) is 18.1 Å². The number of hydrogen-bond acceptors (Lipinski definition) is 5. The van der Waals surface area contributed by atoms with E-state index in [2.05, 4.69) is 23.2 Å². The molecule has 0 amide bonds. The largest absolute Gasteiger partial charge is 0.497 e. The fraction of sp³-hybridized carbons (Fsp3) is 0.375. The minimum Gasteiger partial charge on any atom is -0.497 e. The lowest BCUT2D eigenvalue weighted by Crippen LogP contribution is -2.35. The van der Waals surface area contributed by atoms with Crippen molar-refractivity contribution in [2.24, 2.45) is 0 Å². The van der Waals surface area contributed by atoms with E-state index in [9.17, 15) is 0 Å². The van der Waals surface area contributed by atoms with Crippen molar-refractivity contribution in [2.45, 2.75) is 32.0 Å². The van der Waals surface area contributed by atoms with Crippen LogP contribution in [-0.4, -0.2) is 32.4 Å². The molecule has 4 rings (SSSR count). The van der Waals surface area contributed by atoms with Crippen molar-refractivity contribution in [3.8, 4) is 11.5 Å². The molecule has 0 saturated carbocycles. The second kappa shape index (κ2) is 8.39. The Balaban J connectivity index is 1.66. The summed E-state index contributed by atoms with van der Waals surface area (Å²) in [5, 5.41) is 1.00. The Morgan fingerprint density at radius 3 is 2.45 bits per heavy atom. The quantitative estimate of drug-likeness (QED) is 0.603. The van der Waals surface area contributed by atoms with Gasteiger partial charge in [-0.05, 0) is 42.3 Å². The molecule has 1 aromatic heterocycles. The van der Waals surface area contributed by atoms with E-state index in [0.29, 0.717) is 19.8 Å². The Labute approximate surface area is 171 Å². The molecular formula is C24H27NO4. The summed E-state index contributed by atoms with van der Waals surface area (Å²) >= 11 is 0. The first-order valence-electron chi connectivity index (χ1n) is 9.94. The van der Waals surface area contributed by atoms with E-state index in [1.165, 1.54) is 0 Å². The third-order valence-electron chi connectivity index (χ3n) is 5.67. The SMILES string of the molecule is COc1ccc(COc2cc(C)nc3ccc(C4(OC)CCOCC4)cc23)cc1. The Kier molecular flexibility index (Phi) is 5.69. The van der Waals surface area contributed by atoms with Crippen LogP contribution in [0.3, 0.4) is 0 Å². The zero-order valence-electron chi connectivity index (χ0n) is 17.2. The van der Waals surface area contributed by atoms with Gasteiger partial charge in [0.2, 0.25) is 0 Å². The van der Waals surface area contributed by atoms with Gasteiger partial charge in [0, 0.05) is 50.3 Å². The Hall–Kier alpha value is -2.63. The zero-order chi connectivity index (χ0) is 20.3. The maximum atomic E-state index is 6.22. The fourth-order valence-electron chi connectivity index (χ4n) is 3.92. The Morgan fingerprint density at radius 1 is 1.00 bits per heavy atom. The first-order valence-corrected chi connectivity index (χ1v) is 9.94. The predicted octanol–water partition coefficient (Wildman–Crippen LogP) is 4.78. The van der Waals surface area contributed by atoms with Crippen molar-refractivity contribution < 1.29 is 18.9 Å². The molecule has 0 aliphatic carbocycles. The molecule has 2 heterocycles. The van der Waals surface area contributed by atoms with E-state index in [-0.39, 0.29) is 5.60 Å². The van der Waals surface area contributed by atoms with Gasteiger partial charge >= 0.3 is 0 Å². The smallest absolute Gasteiger partial charge is 0.131 e. The van der Waals surface area contributed by atoms with Gasteiger partial charge in [-0.15, -0.1) is 0 Å². The number of aromatic nitrogens is 1. The lowest BCUT2D eigenvalue weighted by atomic mass is 9.85. The van der Waals surface area contributed by atoms with E-state index < -0.39 is 0 Å². The van der Waals surface area contributed by atoms with Crippen molar-refractivity contribution in [1.82, 2.24) is 4.98 Å². The molecule has 152 valence electrons. The average molecular weight is 393 g/mol. The summed E-state index contributed by atoms with van der Waals surface area (Å²) in [6.07, 6.45) is 1.69. The minimum absolute atomic E-state index is 0.315. The highest BCUT2D eigenvalue weighted by atomic mass is 16.5. The number of pyridine rings is 1. The molecule has 5 nitrogen and oxygen atoms in total. The summed E-state index contributed by atoms with van der Waals surface area (Å²) in [5.74, 6) is 1.67. The number of nitrogens with zero attached hydrogens (tertiary/aromatic N) is 1. The van der Waals surface area contributed by atoms with Crippen LogP contribution < -0.4 is 9.47 Å². The highest BCUT2D eigenvalue weighted by Gasteiger charge is 2.34. The second-order valence-corrected chi connectivity index (χ2v) is 7.44. The summed E-state index contributed by atoms with van der Waals surface area (Å²) in [4.78, 5) is 4.69.